The smallest absolute Gasteiger partial charge is 0.212 e. The molecule has 6 heteroatoms. The van der Waals surface area contributed by atoms with Crippen LogP contribution in [0, 0.1) is 0 Å². The molecule has 1 N–H and O–H groups in total. The molecule has 1 fully saturated rings. The van der Waals surface area contributed by atoms with Crippen LogP contribution in [-0.4, -0.2) is 19.2 Å². The zero-order chi connectivity index (χ0) is 15.8. The van der Waals surface area contributed by atoms with Gasteiger partial charge < -0.3 is 0 Å². The van der Waals surface area contributed by atoms with Gasteiger partial charge in [-0.1, -0.05) is 29.3 Å². The first-order valence-corrected chi connectivity index (χ1v) is 9.31. The second-order valence-corrected chi connectivity index (χ2v) is 9.90. The summed E-state index contributed by atoms with van der Waals surface area (Å²) in [6.45, 7) is 5.13. The molecule has 0 aromatic heterocycles. The molecule has 2 rings (SSSR count). The van der Waals surface area contributed by atoms with Crippen LogP contribution in [0.3, 0.4) is 0 Å². The fourth-order valence-electron chi connectivity index (χ4n) is 2.55. The van der Waals surface area contributed by atoms with E-state index in [9.17, 15) is 8.42 Å². The maximum atomic E-state index is 12.2. The molecule has 0 aliphatic heterocycles. The van der Waals surface area contributed by atoms with Crippen LogP contribution in [0.1, 0.15) is 51.5 Å². The van der Waals surface area contributed by atoms with Crippen molar-refractivity contribution in [3.63, 3.8) is 0 Å². The highest BCUT2D eigenvalue weighted by Gasteiger charge is 2.34. The molecule has 0 radical (unpaired) electrons. The largest absolute Gasteiger partial charge is 0.216 e. The molecule has 118 valence electrons. The highest BCUT2D eigenvalue weighted by atomic mass is 35.5. The van der Waals surface area contributed by atoms with Crippen LogP contribution in [-0.2, 0) is 10.0 Å². The number of sulfonamides is 1. The van der Waals surface area contributed by atoms with Gasteiger partial charge in [0.15, 0.2) is 0 Å². The van der Waals surface area contributed by atoms with Crippen molar-refractivity contribution < 1.29 is 8.42 Å². The summed E-state index contributed by atoms with van der Waals surface area (Å²) in [5.41, 5.74) is 1.13. The van der Waals surface area contributed by atoms with Gasteiger partial charge in [-0.25, -0.2) is 13.1 Å². The fraction of sp³-hybridized carbons (Fsp3) is 0.600. The molecular formula is C15H21Cl2NO2S. The number of rotatable bonds is 3. The number of hydrogen-bond donors (Lipinski definition) is 1. The van der Waals surface area contributed by atoms with Crippen molar-refractivity contribution in [1.29, 1.82) is 0 Å². The third-order valence-corrected chi connectivity index (χ3v) is 6.97. The van der Waals surface area contributed by atoms with Crippen LogP contribution in [0.2, 0.25) is 10.0 Å². The van der Waals surface area contributed by atoms with Gasteiger partial charge in [0, 0.05) is 6.04 Å². The Morgan fingerprint density at radius 2 is 1.81 bits per heavy atom. The average Bonchev–Trinajstić information content (AvgIpc) is 2.79. The van der Waals surface area contributed by atoms with Gasteiger partial charge in [0.25, 0.3) is 0 Å². The molecule has 0 unspecified atom stereocenters. The molecule has 1 aliphatic rings. The average molecular weight is 350 g/mol. The molecule has 0 heterocycles. The van der Waals surface area contributed by atoms with Crippen LogP contribution in [0.25, 0.3) is 0 Å². The molecule has 0 bridgehead atoms. The van der Waals surface area contributed by atoms with E-state index in [1.165, 1.54) is 0 Å². The zero-order valence-corrected chi connectivity index (χ0v) is 14.8. The van der Waals surface area contributed by atoms with E-state index in [1.54, 1.807) is 26.8 Å². The lowest BCUT2D eigenvalue weighted by Crippen LogP contribution is -2.43. The Morgan fingerprint density at radius 3 is 2.38 bits per heavy atom. The Labute approximate surface area is 137 Å². The summed E-state index contributed by atoms with van der Waals surface area (Å²) in [7, 11) is -3.30. The lowest BCUT2D eigenvalue weighted by Gasteiger charge is -2.23. The van der Waals surface area contributed by atoms with Gasteiger partial charge in [-0.2, -0.15) is 0 Å². The van der Waals surface area contributed by atoms with Gasteiger partial charge in [-0.05, 0) is 63.6 Å². The Balaban J connectivity index is 2.06. The van der Waals surface area contributed by atoms with E-state index in [0.29, 0.717) is 16.0 Å². The van der Waals surface area contributed by atoms with Crippen molar-refractivity contribution in [2.75, 3.05) is 0 Å². The molecule has 21 heavy (non-hydrogen) atoms. The first kappa shape index (κ1) is 17.1. The Kier molecular flexibility index (Phi) is 4.94. The zero-order valence-electron chi connectivity index (χ0n) is 12.5. The van der Waals surface area contributed by atoms with E-state index in [1.807, 2.05) is 12.1 Å². The van der Waals surface area contributed by atoms with Crippen molar-refractivity contribution in [3.05, 3.63) is 33.8 Å². The quantitative estimate of drug-likeness (QED) is 0.881. The van der Waals surface area contributed by atoms with E-state index < -0.39 is 14.8 Å². The number of hydrogen-bond acceptors (Lipinski definition) is 2. The number of nitrogens with one attached hydrogen (secondary N) is 1. The van der Waals surface area contributed by atoms with Crippen LogP contribution in [0.5, 0.6) is 0 Å². The first-order valence-electron chi connectivity index (χ1n) is 7.07. The van der Waals surface area contributed by atoms with Crippen molar-refractivity contribution in [3.8, 4) is 0 Å². The van der Waals surface area contributed by atoms with Gasteiger partial charge in [0.05, 0.1) is 14.8 Å². The van der Waals surface area contributed by atoms with Crippen LogP contribution >= 0.6 is 23.2 Å². The third kappa shape index (κ3) is 3.92. The Hall–Kier alpha value is -0.290. The van der Waals surface area contributed by atoms with E-state index in [-0.39, 0.29) is 6.04 Å². The maximum Gasteiger partial charge on any atom is 0.216 e. The van der Waals surface area contributed by atoms with Gasteiger partial charge >= 0.3 is 0 Å². The fourth-order valence-corrected chi connectivity index (χ4v) is 3.87. The van der Waals surface area contributed by atoms with Crippen molar-refractivity contribution in [2.45, 2.75) is 56.7 Å². The summed E-state index contributed by atoms with van der Waals surface area (Å²) in [4.78, 5) is 0. The summed E-state index contributed by atoms with van der Waals surface area (Å²) in [6, 6.07) is 5.65. The summed E-state index contributed by atoms with van der Waals surface area (Å²) >= 11 is 12.0. The molecular weight excluding hydrogens is 329 g/mol. The van der Waals surface area contributed by atoms with E-state index in [4.69, 9.17) is 23.2 Å². The normalized spacial score (nSPS) is 23.5. The summed E-state index contributed by atoms with van der Waals surface area (Å²) in [5, 5.41) is 1.09. The van der Waals surface area contributed by atoms with Crippen molar-refractivity contribution >= 4 is 33.2 Å². The molecule has 1 aromatic carbocycles. The first-order chi connectivity index (χ1) is 9.60. The van der Waals surface area contributed by atoms with Crippen LogP contribution in [0.4, 0.5) is 0 Å². The van der Waals surface area contributed by atoms with Crippen molar-refractivity contribution in [2.24, 2.45) is 0 Å². The molecule has 0 saturated heterocycles. The number of benzene rings is 1. The second kappa shape index (κ2) is 6.07. The predicted molar refractivity (Wildman–Crippen MR) is 88.7 cm³/mol. The highest BCUT2D eigenvalue weighted by molar-refractivity contribution is 7.90. The minimum Gasteiger partial charge on any atom is -0.212 e. The molecule has 2 atom stereocenters. The molecule has 0 amide bonds. The summed E-state index contributed by atoms with van der Waals surface area (Å²) < 4.78 is 26.5. The van der Waals surface area contributed by atoms with E-state index in [0.717, 1.165) is 24.8 Å². The monoisotopic (exact) mass is 349 g/mol. The lowest BCUT2D eigenvalue weighted by molar-refractivity contribution is 0.519. The lowest BCUT2D eigenvalue weighted by atomic mass is 9.98. The van der Waals surface area contributed by atoms with E-state index >= 15 is 0 Å². The van der Waals surface area contributed by atoms with Crippen LogP contribution < -0.4 is 4.72 Å². The minimum absolute atomic E-state index is 0.00585. The second-order valence-electron chi connectivity index (χ2n) is 6.61. The molecule has 3 nitrogen and oxygen atoms in total. The Morgan fingerprint density at radius 1 is 1.14 bits per heavy atom. The molecule has 1 aromatic rings. The van der Waals surface area contributed by atoms with Gasteiger partial charge in [0.2, 0.25) is 10.0 Å². The minimum atomic E-state index is -3.30. The van der Waals surface area contributed by atoms with Gasteiger partial charge in [0.1, 0.15) is 0 Å². The van der Waals surface area contributed by atoms with Gasteiger partial charge in [-0.3, -0.25) is 0 Å². The molecule has 0 spiro atoms. The van der Waals surface area contributed by atoms with E-state index in [2.05, 4.69) is 4.72 Å². The SMILES string of the molecule is CC(C)(C)S(=O)(=O)N[C@H]1CC[C@H](c2ccc(Cl)c(Cl)c2)C1. The summed E-state index contributed by atoms with van der Waals surface area (Å²) in [6.07, 6.45) is 2.60. The number of halogens is 2. The van der Waals surface area contributed by atoms with Gasteiger partial charge in [-0.15, -0.1) is 0 Å². The molecule has 1 saturated carbocycles. The van der Waals surface area contributed by atoms with Crippen molar-refractivity contribution in [1.82, 2.24) is 4.72 Å². The standard InChI is InChI=1S/C15H21Cl2NO2S/c1-15(2,3)21(19,20)18-12-6-4-10(8-12)11-5-7-13(16)14(17)9-11/h5,7,9-10,12,18H,4,6,8H2,1-3H3/t10-,12-/m0/s1. The third-order valence-electron chi connectivity index (χ3n) is 3.98. The molecule has 1 aliphatic carbocycles. The Bertz CT molecular complexity index is 623. The van der Waals surface area contributed by atoms with Crippen LogP contribution in [0.15, 0.2) is 18.2 Å². The topological polar surface area (TPSA) is 46.2 Å². The predicted octanol–water partition coefficient (Wildman–Crippen LogP) is 4.35. The highest BCUT2D eigenvalue weighted by Crippen LogP contribution is 2.37. The maximum absolute atomic E-state index is 12.2. The summed E-state index contributed by atoms with van der Waals surface area (Å²) in [5.74, 6) is 0.326.